The molecule has 1 aliphatic heterocycles. The van der Waals surface area contributed by atoms with Crippen molar-refractivity contribution in [2.45, 2.75) is 31.8 Å². The molecule has 1 amide bonds. The first-order valence-corrected chi connectivity index (χ1v) is 7.84. The molecule has 0 saturated carbocycles. The van der Waals surface area contributed by atoms with E-state index in [4.69, 9.17) is 10.5 Å². The molecule has 0 atom stereocenters. The normalized spacial score (nSPS) is 15.9. The quantitative estimate of drug-likeness (QED) is 0.817. The second-order valence-electron chi connectivity index (χ2n) is 4.90. The van der Waals surface area contributed by atoms with Gasteiger partial charge in [-0.1, -0.05) is 0 Å². The largest absolute Gasteiger partial charge is 0.378 e. The van der Waals surface area contributed by atoms with Crippen LogP contribution in [0.4, 0.5) is 0 Å². The van der Waals surface area contributed by atoms with Crippen molar-refractivity contribution in [1.29, 1.82) is 0 Å². The Bertz CT molecular complexity index is 379. The van der Waals surface area contributed by atoms with E-state index < -0.39 is 0 Å². The number of nitrogens with two attached hydrogens (primary N) is 1. The highest BCUT2D eigenvalue weighted by molar-refractivity contribution is 7.07. The summed E-state index contributed by atoms with van der Waals surface area (Å²) in [6.45, 7) is 3.05. The van der Waals surface area contributed by atoms with Gasteiger partial charge in [-0.2, -0.15) is 11.3 Å². The van der Waals surface area contributed by atoms with E-state index in [0.29, 0.717) is 19.1 Å². The van der Waals surface area contributed by atoms with Crippen LogP contribution >= 0.6 is 23.7 Å². The number of likely N-dealkylation sites (tertiary alicyclic amines) is 1. The number of amides is 1. The van der Waals surface area contributed by atoms with Gasteiger partial charge >= 0.3 is 0 Å². The van der Waals surface area contributed by atoms with Crippen LogP contribution in [0.25, 0.3) is 0 Å². The third-order valence-electron chi connectivity index (χ3n) is 3.43. The zero-order valence-electron chi connectivity index (χ0n) is 11.6. The van der Waals surface area contributed by atoms with Gasteiger partial charge in [0.2, 0.25) is 5.91 Å². The predicted octanol–water partition coefficient (Wildman–Crippen LogP) is 2.07. The van der Waals surface area contributed by atoms with E-state index in [9.17, 15) is 4.79 Å². The molecule has 0 aliphatic carbocycles. The third kappa shape index (κ3) is 5.40. The number of nitrogens with zero attached hydrogens (tertiary/aromatic N) is 1. The summed E-state index contributed by atoms with van der Waals surface area (Å²) in [4.78, 5) is 14.1. The van der Waals surface area contributed by atoms with Gasteiger partial charge in [0.1, 0.15) is 0 Å². The summed E-state index contributed by atoms with van der Waals surface area (Å²) in [5, 5.41) is 4.06. The SMILES string of the molecule is Cl.NCCCOC1CCN(C(=O)Cc2ccsc2)CC1. The first kappa shape index (κ1) is 17.4. The van der Waals surface area contributed by atoms with Crippen LogP contribution in [0, 0.1) is 0 Å². The molecule has 0 spiro atoms. The summed E-state index contributed by atoms with van der Waals surface area (Å²) < 4.78 is 5.74. The molecule has 4 nitrogen and oxygen atoms in total. The molecular formula is C14H23ClN2O2S. The van der Waals surface area contributed by atoms with Crippen molar-refractivity contribution in [1.82, 2.24) is 4.90 Å². The summed E-state index contributed by atoms with van der Waals surface area (Å²) in [6.07, 6.45) is 3.64. The lowest BCUT2D eigenvalue weighted by Crippen LogP contribution is -2.41. The summed E-state index contributed by atoms with van der Waals surface area (Å²) in [7, 11) is 0. The lowest BCUT2D eigenvalue weighted by molar-refractivity contribution is -0.133. The van der Waals surface area contributed by atoms with Gasteiger partial charge < -0.3 is 15.4 Å². The fourth-order valence-corrected chi connectivity index (χ4v) is 2.95. The molecule has 114 valence electrons. The van der Waals surface area contributed by atoms with E-state index in [0.717, 1.165) is 44.5 Å². The molecule has 0 unspecified atom stereocenters. The molecular weight excluding hydrogens is 296 g/mol. The monoisotopic (exact) mass is 318 g/mol. The highest BCUT2D eigenvalue weighted by atomic mass is 35.5. The number of rotatable bonds is 6. The minimum absolute atomic E-state index is 0. The van der Waals surface area contributed by atoms with E-state index in [-0.39, 0.29) is 18.3 Å². The molecule has 1 saturated heterocycles. The minimum atomic E-state index is 0. The van der Waals surface area contributed by atoms with Crippen LogP contribution in [0.3, 0.4) is 0 Å². The highest BCUT2D eigenvalue weighted by Gasteiger charge is 2.23. The number of thiophene rings is 1. The molecule has 1 fully saturated rings. The van der Waals surface area contributed by atoms with Crippen LogP contribution < -0.4 is 5.73 Å². The Hall–Kier alpha value is -0.620. The number of carbonyl (C=O) groups is 1. The molecule has 2 rings (SSSR count). The van der Waals surface area contributed by atoms with Gasteiger partial charge in [-0.25, -0.2) is 0 Å². The van der Waals surface area contributed by atoms with Crippen molar-refractivity contribution in [3.05, 3.63) is 22.4 Å². The van der Waals surface area contributed by atoms with E-state index in [1.165, 1.54) is 0 Å². The first-order valence-electron chi connectivity index (χ1n) is 6.90. The average Bonchev–Trinajstić information content (AvgIpc) is 2.93. The van der Waals surface area contributed by atoms with E-state index in [1.54, 1.807) is 11.3 Å². The Morgan fingerprint density at radius 2 is 2.20 bits per heavy atom. The van der Waals surface area contributed by atoms with Gasteiger partial charge in [0.25, 0.3) is 0 Å². The second-order valence-corrected chi connectivity index (χ2v) is 5.68. The van der Waals surface area contributed by atoms with Crippen LogP contribution in [0.1, 0.15) is 24.8 Å². The molecule has 0 bridgehead atoms. The maximum Gasteiger partial charge on any atom is 0.227 e. The highest BCUT2D eigenvalue weighted by Crippen LogP contribution is 2.16. The van der Waals surface area contributed by atoms with Gasteiger partial charge in [0, 0.05) is 19.7 Å². The maximum atomic E-state index is 12.1. The lowest BCUT2D eigenvalue weighted by atomic mass is 10.1. The van der Waals surface area contributed by atoms with Crippen LogP contribution in [-0.4, -0.2) is 43.2 Å². The van der Waals surface area contributed by atoms with Gasteiger partial charge in [-0.05, 0) is 48.2 Å². The molecule has 0 radical (unpaired) electrons. The summed E-state index contributed by atoms with van der Waals surface area (Å²) in [6, 6.07) is 2.02. The van der Waals surface area contributed by atoms with Gasteiger partial charge in [-0.15, -0.1) is 12.4 Å². The number of halogens is 1. The molecule has 2 N–H and O–H groups in total. The van der Waals surface area contributed by atoms with Gasteiger partial charge in [0.15, 0.2) is 0 Å². The Morgan fingerprint density at radius 1 is 1.45 bits per heavy atom. The molecule has 2 heterocycles. The first-order chi connectivity index (χ1) is 9.29. The molecule has 20 heavy (non-hydrogen) atoms. The van der Waals surface area contributed by atoms with Crippen LogP contribution in [0.5, 0.6) is 0 Å². The van der Waals surface area contributed by atoms with Crippen molar-refractivity contribution in [2.75, 3.05) is 26.2 Å². The predicted molar refractivity (Wildman–Crippen MR) is 84.5 cm³/mol. The average molecular weight is 319 g/mol. The van der Waals surface area contributed by atoms with Crippen LogP contribution in [0.15, 0.2) is 16.8 Å². The van der Waals surface area contributed by atoms with Crippen molar-refractivity contribution in [2.24, 2.45) is 5.73 Å². The molecule has 1 aromatic rings. The van der Waals surface area contributed by atoms with Crippen LogP contribution in [0.2, 0.25) is 0 Å². The summed E-state index contributed by atoms with van der Waals surface area (Å²) in [5.74, 6) is 0.235. The van der Waals surface area contributed by atoms with Crippen molar-refractivity contribution in [3.63, 3.8) is 0 Å². The topological polar surface area (TPSA) is 55.6 Å². The number of hydrogen-bond donors (Lipinski definition) is 1. The minimum Gasteiger partial charge on any atom is -0.378 e. The Kier molecular flexibility index (Phi) is 8.14. The Balaban J connectivity index is 0.00000200. The van der Waals surface area contributed by atoms with Crippen LogP contribution in [-0.2, 0) is 16.0 Å². The molecule has 1 aromatic heterocycles. The number of carbonyl (C=O) groups excluding carboxylic acids is 1. The lowest BCUT2D eigenvalue weighted by Gasteiger charge is -2.32. The maximum absolute atomic E-state index is 12.1. The fraction of sp³-hybridized carbons (Fsp3) is 0.643. The smallest absolute Gasteiger partial charge is 0.227 e. The second kappa shape index (κ2) is 9.34. The molecule has 1 aliphatic rings. The number of ether oxygens (including phenoxy) is 1. The van der Waals surface area contributed by atoms with E-state index in [1.807, 2.05) is 21.7 Å². The van der Waals surface area contributed by atoms with Crippen molar-refractivity contribution in [3.8, 4) is 0 Å². The Labute approximate surface area is 130 Å². The van der Waals surface area contributed by atoms with Gasteiger partial charge in [0.05, 0.1) is 12.5 Å². The Morgan fingerprint density at radius 3 is 2.80 bits per heavy atom. The standard InChI is InChI=1S/C14H22N2O2S.ClH/c15-5-1-8-18-13-2-6-16(7-3-13)14(17)10-12-4-9-19-11-12;/h4,9,11,13H,1-3,5-8,10,15H2;1H. The van der Waals surface area contributed by atoms with E-state index in [2.05, 4.69) is 0 Å². The van der Waals surface area contributed by atoms with E-state index >= 15 is 0 Å². The molecule has 6 heteroatoms. The number of hydrogen-bond acceptors (Lipinski definition) is 4. The van der Waals surface area contributed by atoms with Gasteiger partial charge in [-0.3, -0.25) is 4.79 Å². The van der Waals surface area contributed by atoms with Crippen molar-refractivity contribution < 1.29 is 9.53 Å². The summed E-state index contributed by atoms with van der Waals surface area (Å²) in [5.41, 5.74) is 6.56. The zero-order chi connectivity index (χ0) is 13.5. The fourth-order valence-electron chi connectivity index (χ4n) is 2.28. The third-order valence-corrected chi connectivity index (χ3v) is 4.16. The summed E-state index contributed by atoms with van der Waals surface area (Å²) >= 11 is 1.64. The molecule has 0 aromatic carbocycles. The zero-order valence-corrected chi connectivity index (χ0v) is 13.3. The number of piperidine rings is 1. The van der Waals surface area contributed by atoms with Crippen molar-refractivity contribution >= 4 is 29.7 Å².